The second kappa shape index (κ2) is 5.70. The Morgan fingerprint density at radius 3 is 2.85 bits per heavy atom. The molecule has 1 saturated heterocycles. The third-order valence-corrected chi connectivity index (χ3v) is 4.38. The van der Waals surface area contributed by atoms with Crippen LogP contribution in [0.3, 0.4) is 0 Å². The van der Waals surface area contributed by atoms with Gasteiger partial charge in [-0.1, -0.05) is 23.7 Å². The maximum Gasteiger partial charge on any atom is 0.306 e. The maximum absolute atomic E-state index is 14.0. The molecule has 1 aliphatic rings. The van der Waals surface area contributed by atoms with Gasteiger partial charge < -0.3 is 5.11 Å². The number of rotatable bonds is 3. The van der Waals surface area contributed by atoms with Crippen molar-refractivity contribution >= 4 is 17.6 Å². The fraction of sp³-hybridized carbons (Fsp3) is 0.533. The Morgan fingerprint density at radius 1 is 1.55 bits per heavy atom. The summed E-state index contributed by atoms with van der Waals surface area (Å²) in [6, 6.07) is 4.99. The van der Waals surface area contributed by atoms with E-state index in [4.69, 9.17) is 16.7 Å². The van der Waals surface area contributed by atoms with E-state index in [0.29, 0.717) is 31.5 Å². The molecule has 3 nitrogen and oxygen atoms in total. The second-order valence-corrected chi connectivity index (χ2v) is 6.38. The molecule has 5 heteroatoms. The molecule has 0 spiro atoms. The number of carbonyl (C=O) groups is 1. The topological polar surface area (TPSA) is 40.5 Å². The molecule has 1 atom stereocenters. The molecule has 0 aliphatic carbocycles. The van der Waals surface area contributed by atoms with Crippen LogP contribution in [-0.4, -0.2) is 28.1 Å². The standard InChI is InChI=1S/C15H19ClFNO2/c1-15(2)8-10(14(19)20)6-7-18(15)9-11-4-3-5-12(16)13(11)17/h3-5,10H,6-9H2,1-2H3,(H,19,20)/t10-/m1/s1. The van der Waals surface area contributed by atoms with Crippen molar-refractivity contribution in [2.75, 3.05) is 6.54 Å². The lowest BCUT2D eigenvalue weighted by molar-refractivity contribution is -0.145. The van der Waals surface area contributed by atoms with Crippen molar-refractivity contribution in [2.24, 2.45) is 5.92 Å². The Balaban J connectivity index is 2.14. The van der Waals surface area contributed by atoms with Gasteiger partial charge in [0.1, 0.15) is 5.82 Å². The van der Waals surface area contributed by atoms with Crippen LogP contribution in [0.2, 0.25) is 5.02 Å². The van der Waals surface area contributed by atoms with Gasteiger partial charge in [0.25, 0.3) is 0 Å². The van der Waals surface area contributed by atoms with Crippen LogP contribution in [0, 0.1) is 11.7 Å². The highest BCUT2D eigenvalue weighted by Gasteiger charge is 2.37. The Bertz CT molecular complexity index is 519. The van der Waals surface area contributed by atoms with Gasteiger partial charge in [-0.05, 0) is 39.3 Å². The summed E-state index contributed by atoms with van der Waals surface area (Å²) in [6.07, 6.45) is 1.17. The van der Waals surface area contributed by atoms with Crippen molar-refractivity contribution in [1.29, 1.82) is 0 Å². The summed E-state index contributed by atoms with van der Waals surface area (Å²) in [6.45, 7) is 5.11. The number of benzene rings is 1. The van der Waals surface area contributed by atoms with Gasteiger partial charge in [-0.25, -0.2) is 4.39 Å². The molecule has 1 aromatic carbocycles. The first-order chi connectivity index (χ1) is 9.31. The number of hydrogen-bond acceptors (Lipinski definition) is 2. The zero-order valence-electron chi connectivity index (χ0n) is 11.7. The van der Waals surface area contributed by atoms with E-state index in [1.165, 1.54) is 6.07 Å². The van der Waals surface area contributed by atoms with E-state index in [1.54, 1.807) is 12.1 Å². The maximum atomic E-state index is 14.0. The van der Waals surface area contributed by atoms with Gasteiger partial charge >= 0.3 is 5.97 Å². The smallest absolute Gasteiger partial charge is 0.306 e. The number of aliphatic carboxylic acids is 1. The number of hydrogen-bond donors (Lipinski definition) is 1. The summed E-state index contributed by atoms with van der Waals surface area (Å²) >= 11 is 5.80. The molecule has 0 amide bonds. The molecule has 1 aromatic rings. The third kappa shape index (κ3) is 3.13. The predicted octanol–water partition coefficient (Wildman–Crippen LogP) is 3.55. The average Bonchev–Trinajstić information content (AvgIpc) is 2.36. The Labute approximate surface area is 123 Å². The highest BCUT2D eigenvalue weighted by atomic mass is 35.5. The average molecular weight is 300 g/mol. The number of likely N-dealkylation sites (tertiary alicyclic amines) is 1. The molecule has 110 valence electrons. The fourth-order valence-corrected chi connectivity index (χ4v) is 3.02. The minimum Gasteiger partial charge on any atom is -0.481 e. The van der Waals surface area contributed by atoms with Crippen molar-refractivity contribution in [2.45, 2.75) is 38.8 Å². The first kappa shape index (κ1) is 15.3. The van der Waals surface area contributed by atoms with E-state index in [0.717, 1.165) is 0 Å². The zero-order chi connectivity index (χ0) is 14.9. The number of carboxylic acids is 1. The highest BCUT2D eigenvalue weighted by molar-refractivity contribution is 6.30. The molecule has 1 N–H and O–H groups in total. The minimum absolute atomic E-state index is 0.126. The minimum atomic E-state index is -0.744. The first-order valence-corrected chi connectivity index (χ1v) is 7.10. The molecular formula is C15H19ClFNO2. The molecular weight excluding hydrogens is 281 g/mol. The SMILES string of the molecule is CC1(C)C[C@H](C(=O)O)CCN1Cc1cccc(Cl)c1F. The van der Waals surface area contributed by atoms with Crippen LogP contribution in [0.25, 0.3) is 0 Å². The van der Waals surface area contributed by atoms with Gasteiger partial charge in [0.05, 0.1) is 10.9 Å². The molecule has 0 aromatic heterocycles. The van der Waals surface area contributed by atoms with Crippen LogP contribution in [0.1, 0.15) is 32.3 Å². The third-order valence-electron chi connectivity index (χ3n) is 4.09. The van der Waals surface area contributed by atoms with Gasteiger partial charge in [0, 0.05) is 17.6 Å². The summed E-state index contributed by atoms with van der Waals surface area (Å²) in [4.78, 5) is 13.2. The summed E-state index contributed by atoms with van der Waals surface area (Å²) in [7, 11) is 0. The summed E-state index contributed by atoms with van der Waals surface area (Å²) in [5.41, 5.74) is 0.287. The molecule has 0 unspecified atom stereocenters. The van der Waals surface area contributed by atoms with Crippen molar-refractivity contribution in [3.63, 3.8) is 0 Å². The molecule has 1 heterocycles. The van der Waals surface area contributed by atoms with Crippen LogP contribution in [-0.2, 0) is 11.3 Å². The largest absolute Gasteiger partial charge is 0.481 e. The van der Waals surface area contributed by atoms with Crippen molar-refractivity contribution in [3.05, 3.63) is 34.6 Å². The van der Waals surface area contributed by atoms with Crippen LogP contribution < -0.4 is 0 Å². The van der Waals surface area contributed by atoms with Gasteiger partial charge in [-0.3, -0.25) is 9.69 Å². The Kier molecular flexibility index (Phi) is 4.35. The van der Waals surface area contributed by atoms with Crippen LogP contribution >= 0.6 is 11.6 Å². The van der Waals surface area contributed by atoms with E-state index in [-0.39, 0.29) is 22.3 Å². The van der Waals surface area contributed by atoms with E-state index in [2.05, 4.69) is 4.90 Å². The quantitative estimate of drug-likeness (QED) is 0.928. The Hall–Kier alpha value is -1.13. The molecule has 1 fully saturated rings. The van der Waals surface area contributed by atoms with E-state index >= 15 is 0 Å². The van der Waals surface area contributed by atoms with Crippen molar-refractivity contribution in [1.82, 2.24) is 4.90 Å². The van der Waals surface area contributed by atoms with Gasteiger partial charge in [0.2, 0.25) is 0 Å². The molecule has 1 aliphatic heterocycles. The predicted molar refractivity (Wildman–Crippen MR) is 76.3 cm³/mol. The summed E-state index contributed by atoms with van der Waals surface area (Å²) in [5, 5.41) is 9.26. The molecule has 0 bridgehead atoms. The molecule has 20 heavy (non-hydrogen) atoms. The van der Waals surface area contributed by atoms with E-state index in [1.807, 2.05) is 13.8 Å². The summed E-state index contributed by atoms with van der Waals surface area (Å²) < 4.78 is 14.0. The molecule has 0 radical (unpaired) electrons. The lowest BCUT2D eigenvalue weighted by Gasteiger charge is -2.44. The Morgan fingerprint density at radius 2 is 2.25 bits per heavy atom. The van der Waals surface area contributed by atoms with Crippen molar-refractivity contribution < 1.29 is 14.3 Å². The zero-order valence-corrected chi connectivity index (χ0v) is 12.5. The highest BCUT2D eigenvalue weighted by Crippen LogP contribution is 2.33. The van der Waals surface area contributed by atoms with Gasteiger partial charge in [0.15, 0.2) is 0 Å². The number of nitrogens with zero attached hydrogens (tertiary/aromatic N) is 1. The number of carboxylic acid groups (broad SMARTS) is 1. The summed E-state index contributed by atoms with van der Waals surface area (Å²) in [5.74, 6) is -1.44. The number of piperidine rings is 1. The van der Waals surface area contributed by atoms with Gasteiger partial charge in [-0.15, -0.1) is 0 Å². The monoisotopic (exact) mass is 299 g/mol. The lowest BCUT2D eigenvalue weighted by Crippen LogP contribution is -2.50. The normalized spacial score (nSPS) is 22.7. The molecule has 2 rings (SSSR count). The van der Waals surface area contributed by atoms with Crippen LogP contribution in [0.5, 0.6) is 0 Å². The van der Waals surface area contributed by atoms with Crippen molar-refractivity contribution in [3.8, 4) is 0 Å². The molecule has 0 saturated carbocycles. The number of halogens is 2. The first-order valence-electron chi connectivity index (χ1n) is 6.72. The van der Waals surface area contributed by atoms with Crippen LogP contribution in [0.4, 0.5) is 4.39 Å². The van der Waals surface area contributed by atoms with Gasteiger partial charge in [-0.2, -0.15) is 0 Å². The lowest BCUT2D eigenvalue weighted by atomic mass is 9.82. The fourth-order valence-electron chi connectivity index (χ4n) is 2.83. The van der Waals surface area contributed by atoms with E-state index in [9.17, 15) is 9.18 Å². The van der Waals surface area contributed by atoms with Crippen LogP contribution in [0.15, 0.2) is 18.2 Å². The second-order valence-electron chi connectivity index (χ2n) is 5.97. The van der Waals surface area contributed by atoms with E-state index < -0.39 is 5.97 Å².